The molecule has 4 N–H and O–H groups in total. The summed E-state index contributed by atoms with van der Waals surface area (Å²) in [5.74, 6) is -0.103. The Kier molecular flexibility index (Phi) is 6.87. The zero-order chi connectivity index (χ0) is 18.1. The molecule has 8 heteroatoms. The molecule has 1 aliphatic carbocycles. The number of nitrogens with one attached hydrogen (secondary N) is 2. The van der Waals surface area contributed by atoms with Crippen molar-refractivity contribution in [3.63, 3.8) is 0 Å². The highest BCUT2D eigenvalue weighted by Gasteiger charge is 2.56. The van der Waals surface area contributed by atoms with Gasteiger partial charge in [-0.15, -0.1) is 12.4 Å². The van der Waals surface area contributed by atoms with Gasteiger partial charge in [0.15, 0.2) is 0 Å². The molecule has 1 heterocycles. The molecule has 144 valence electrons. The number of carbonyl (C=O) groups excluding carboxylic acids is 3. The third-order valence-electron chi connectivity index (χ3n) is 4.98. The van der Waals surface area contributed by atoms with Gasteiger partial charge >= 0.3 is 6.03 Å². The van der Waals surface area contributed by atoms with Gasteiger partial charge in [0, 0.05) is 6.54 Å². The number of rotatable bonds is 5. The molecule has 0 aromatic rings. The summed E-state index contributed by atoms with van der Waals surface area (Å²) in [5, 5.41) is 5.60. The van der Waals surface area contributed by atoms with Gasteiger partial charge in [-0.25, -0.2) is 4.79 Å². The fourth-order valence-electron chi connectivity index (χ4n) is 4.22. The van der Waals surface area contributed by atoms with Crippen LogP contribution in [-0.4, -0.2) is 47.9 Å². The van der Waals surface area contributed by atoms with Crippen molar-refractivity contribution >= 4 is 30.3 Å². The Morgan fingerprint density at radius 3 is 2.60 bits per heavy atom. The molecule has 25 heavy (non-hydrogen) atoms. The molecule has 1 aliphatic heterocycles. The van der Waals surface area contributed by atoms with Gasteiger partial charge in [-0.05, 0) is 43.1 Å². The summed E-state index contributed by atoms with van der Waals surface area (Å²) >= 11 is 0. The maximum Gasteiger partial charge on any atom is 0.325 e. The number of amides is 4. The van der Waals surface area contributed by atoms with Crippen molar-refractivity contribution in [3.8, 4) is 0 Å². The summed E-state index contributed by atoms with van der Waals surface area (Å²) in [5.41, 5.74) is 4.64. The molecule has 3 atom stereocenters. The predicted molar refractivity (Wildman–Crippen MR) is 98.2 cm³/mol. The topological polar surface area (TPSA) is 105 Å². The standard InChI is InChI=1S/C17H30N4O3.ClH/c1-11-5-16(3,4)10-17(6-11)14(23)21(15(24)20-17)9-13(22)19-8-12(2)7-18;/h11-12H,5-10,18H2,1-4H3,(H,19,22)(H,20,24);1H. The van der Waals surface area contributed by atoms with Crippen molar-refractivity contribution in [3.05, 3.63) is 0 Å². The Bertz CT molecular complexity index is 540. The molecule has 2 aliphatic rings. The molecule has 1 spiro atoms. The largest absolute Gasteiger partial charge is 0.354 e. The second-order valence-electron chi connectivity index (χ2n) is 8.40. The molecule has 1 saturated heterocycles. The third-order valence-corrected chi connectivity index (χ3v) is 4.98. The monoisotopic (exact) mass is 374 g/mol. The first-order valence-electron chi connectivity index (χ1n) is 8.69. The Morgan fingerprint density at radius 2 is 2.04 bits per heavy atom. The molecule has 0 radical (unpaired) electrons. The van der Waals surface area contributed by atoms with Gasteiger partial charge in [0.05, 0.1) is 0 Å². The van der Waals surface area contributed by atoms with E-state index in [2.05, 4.69) is 31.4 Å². The van der Waals surface area contributed by atoms with Gasteiger partial charge in [0.25, 0.3) is 5.91 Å². The second-order valence-corrected chi connectivity index (χ2v) is 8.40. The summed E-state index contributed by atoms with van der Waals surface area (Å²) in [6.07, 6.45) is 2.26. The number of hydrogen-bond donors (Lipinski definition) is 3. The number of hydrogen-bond acceptors (Lipinski definition) is 4. The van der Waals surface area contributed by atoms with Crippen molar-refractivity contribution in [1.82, 2.24) is 15.5 Å². The second kappa shape index (κ2) is 7.91. The third kappa shape index (κ3) is 4.85. The van der Waals surface area contributed by atoms with Crippen LogP contribution in [0, 0.1) is 17.3 Å². The molecule has 7 nitrogen and oxygen atoms in total. The zero-order valence-electron chi connectivity index (χ0n) is 15.6. The Morgan fingerprint density at radius 1 is 1.40 bits per heavy atom. The van der Waals surface area contributed by atoms with E-state index in [1.807, 2.05) is 6.92 Å². The SMILES string of the molecule is CC(CN)CNC(=O)CN1C(=O)NC2(CC(C)CC(C)(C)C2)C1=O.Cl. The fourth-order valence-corrected chi connectivity index (χ4v) is 4.22. The molecular formula is C17H31ClN4O3. The van der Waals surface area contributed by atoms with Crippen LogP contribution in [0.4, 0.5) is 4.79 Å². The summed E-state index contributed by atoms with van der Waals surface area (Å²) < 4.78 is 0. The molecular weight excluding hydrogens is 344 g/mol. The number of imide groups is 1. The van der Waals surface area contributed by atoms with Crippen LogP contribution in [0.15, 0.2) is 0 Å². The minimum atomic E-state index is -0.858. The number of carbonyl (C=O) groups is 3. The minimum absolute atomic E-state index is 0. The molecule has 3 unspecified atom stereocenters. The van der Waals surface area contributed by atoms with E-state index in [1.54, 1.807) is 0 Å². The average Bonchev–Trinajstić information content (AvgIpc) is 2.66. The van der Waals surface area contributed by atoms with Gasteiger partial charge in [0.1, 0.15) is 12.1 Å². The molecule has 0 bridgehead atoms. The Hall–Kier alpha value is -1.34. The predicted octanol–water partition coefficient (Wildman–Crippen LogP) is 1.26. The highest BCUT2D eigenvalue weighted by atomic mass is 35.5. The van der Waals surface area contributed by atoms with Crippen molar-refractivity contribution in [2.24, 2.45) is 23.0 Å². The number of nitrogens with two attached hydrogens (primary N) is 1. The molecule has 1 saturated carbocycles. The van der Waals surface area contributed by atoms with Crippen LogP contribution in [0.1, 0.15) is 47.0 Å². The van der Waals surface area contributed by atoms with Crippen molar-refractivity contribution in [1.29, 1.82) is 0 Å². The Labute approximate surface area is 155 Å². The van der Waals surface area contributed by atoms with Crippen molar-refractivity contribution in [2.75, 3.05) is 19.6 Å². The van der Waals surface area contributed by atoms with E-state index in [1.165, 1.54) is 0 Å². The highest BCUT2D eigenvalue weighted by Crippen LogP contribution is 2.46. The van der Waals surface area contributed by atoms with E-state index in [9.17, 15) is 14.4 Å². The van der Waals surface area contributed by atoms with Gasteiger partial charge in [0.2, 0.25) is 5.91 Å². The van der Waals surface area contributed by atoms with Crippen LogP contribution in [0.3, 0.4) is 0 Å². The summed E-state index contributed by atoms with van der Waals surface area (Å²) in [4.78, 5) is 38.3. The maximum atomic E-state index is 12.9. The van der Waals surface area contributed by atoms with E-state index in [0.717, 1.165) is 11.3 Å². The number of nitrogens with zero attached hydrogens (tertiary/aromatic N) is 1. The van der Waals surface area contributed by atoms with E-state index in [-0.39, 0.29) is 42.1 Å². The van der Waals surface area contributed by atoms with Crippen LogP contribution >= 0.6 is 12.4 Å². The van der Waals surface area contributed by atoms with E-state index in [4.69, 9.17) is 5.73 Å². The Balaban J connectivity index is 0.00000312. The average molecular weight is 375 g/mol. The van der Waals surface area contributed by atoms with Gasteiger partial charge in [-0.1, -0.05) is 27.7 Å². The van der Waals surface area contributed by atoms with E-state index >= 15 is 0 Å². The van der Waals surface area contributed by atoms with Crippen LogP contribution in [0.5, 0.6) is 0 Å². The molecule has 4 amide bonds. The molecule has 2 rings (SSSR count). The van der Waals surface area contributed by atoms with Crippen molar-refractivity contribution < 1.29 is 14.4 Å². The van der Waals surface area contributed by atoms with Gasteiger partial charge < -0.3 is 16.4 Å². The van der Waals surface area contributed by atoms with Crippen LogP contribution in [-0.2, 0) is 9.59 Å². The maximum absolute atomic E-state index is 12.9. The summed E-state index contributed by atoms with van der Waals surface area (Å²) in [6.45, 7) is 8.94. The number of urea groups is 1. The van der Waals surface area contributed by atoms with Crippen LogP contribution < -0.4 is 16.4 Å². The summed E-state index contributed by atoms with van der Waals surface area (Å²) in [7, 11) is 0. The lowest BCUT2D eigenvalue weighted by Crippen LogP contribution is -2.54. The van der Waals surface area contributed by atoms with Gasteiger partial charge in [-0.2, -0.15) is 0 Å². The number of halogens is 1. The molecule has 2 fully saturated rings. The van der Waals surface area contributed by atoms with Crippen molar-refractivity contribution in [2.45, 2.75) is 52.5 Å². The van der Waals surface area contributed by atoms with E-state index in [0.29, 0.717) is 31.8 Å². The first-order chi connectivity index (χ1) is 11.1. The van der Waals surface area contributed by atoms with Gasteiger partial charge in [-0.3, -0.25) is 14.5 Å². The first-order valence-corrected chi connectivity index (χ1v) is 8.69. The molecule has 0 aromatic carbocycles. The van der Waals surface area contributed by atoms with Crippen LogP contribution in [0.25, 0.3) is 0 Å². The smallest absolute Gasteiger partial charge is 0.325 e. The first kappa shape index (κ1) is 21.7. The van der Waals surface area contributed by atoms with E-state index < -0.39 is 11.6 Å². The highest BCUT2D eigenvalue weighted by molar-refractivity contribution is 6.09. The quantitative estimate of drug-likeness (QED) is 0.630. The fraction of sp³-hybridized carbons (Fsp3) is 0.824. The molecule has 0 aromatic heterocycles. The summed E-state index contributed by atoms with van der Waals surface area (Å²) in [6, 6.07) is -0.466. The lowest BCUT2D eigenvalue weighted by atomic mass is 9.64. The zero-order valence-corrected chi connectivity index (χ0v) is 16.4. The lowest BCUT2D eigenvalue weighted by molar-refractivity contribution is -0.137. The lowest BCUT2D eigenvalue weighted by Gasteiger charge is -2.43. The normalized spacial score (nSPS) is 29.2. The minimum Gasteiger partial charge on any atom is -0.354 e. The van der Waals surface area contributed by atoms with Crippen LogP contribution in [0.2, 0.25) is 0 Å².